The Bertz CT molecular complexity index is 487. The van der Waals surface area contributed by atoms with Gasteiger partial charge in [-0.1, -0.05) is 24.1 Å². The molecule has 21 heavy (non-hydrogen) atoms. The molecule has 0 unspecified atom stereocenters. The van der Waals surface area contributed by atoms with E-state index in [2.05, 4.69) is 29.3 Å². The van der Waals surface area contributed by atoms with E-state index in [0.717, 1.165) is 29.7 Å². The normalized spacial score (nSPS) is 15.1. The molecule has 1 aromatic rings. The number of carbonyl (C=O) groups is 1. The Balaban J connectivity index is 2.00. The number of hydrogen-bond donors (Lipinski definition) is 2. The molecule has 2 rings (SSSR count). The molecule has 116 valence electrons. The van der Waals surface area contributed by atoms with Gasteiger partial charge in [0.1, 0.15) is 0 Å². The molecule has 0 radical (unpaired) electrons. The minimum absolute atomic E-state index is 0.00500. The third-order valence-corrected chi connectivity index (χ3v) is 4.27. The van der Waals surface area contributed by atoms with Crippen LogP contribution in [0.1, 0.15) is 36.0 Å². The number of carbonyl (C=O) groups excluding carboxylic acids is 1. The van der Waals surface area contributed by atoms with E-state index in [9.17, 15) is 4.79 Å². The van der Waals surface area contributed by atoms with Crippen LogP contribution in [0.25, 0.3) is 0 Å². The maximum absolute atomic E-state index is 12.3. The summed E-state index contributed by atoms with van der Waals surface area (Å²) in [6.07, 6.45) is 3.50. The summed E-state index contributed by atoms with van der Waals surface area (Å²) in [6.45, 7) is 7.14. The molecule has 4 heteroatoms. The second-order valence-electron chi connectivity index (χ2n) is 6.10. The monoisotopic (exact) mass is 290 g/mol. The lowest BCUT2D eigenvalue weighted by Crippen LogP contribution is -2.45. The Morgan fingerprint density at radius 3 is 2.38 bits per heavy atom. The number of rotatable bonds is 6. The van der Waals surface area contributed by atoms with Crippen molar-refractivity contribution in [3.63, 3.8) is 0 Å². The lowest BCUT2D eigenvalue weighted by molar-refractivity contribution is -0.118. The van der Waals surface area contributed by atoms with Crippen LogP contribution >= 0.6 is 0 Å². The van der Waals surface area contributed by atoms with Crippen LogP contribution in [0.15, 0.2) is 12.1 Å². The van der Waals surface area contributed by atoms with E-state index in [-0.39, 0.29) is 12.5 Å². The number of nitrogens with one attached hydrogen (secondary N) is 1. The lowest BCUT2D eigenvalue weighted by Gasteiger charge is -2.36. The number of amides is 1. The quantitative estimate of drug-likeness (QED) is 0.846. The Morgan fingerprint density at radius 1 is 1.29 bits per heavy atom. The van der Waals surface area contributed by atoms with Crippen molar-refractivity contribution in [2.75, 3.05) is 25.0 Å². The predicted octanol–water partition coefficient (Wildman–Crippen LogP) is 2.40. The zero-order chi connectivity index (χ0) is 15.4. The highest BCUT2D eigenvalue weighted by atomic mass is 16.3. The van der Waals surface area contributed by atoms with Gasteiger partial charge in [0.15, 0.2) is 0 Å². The average Bonchev–Trinajstić information content (AvgIpc) is 2.31. The van der Waals surface area contributed by atoms with Gasteiger partial charge in [-0.3, -0.25) is 9.69 Å². The van der Waals surface area contributed by atoms with Gasteiger partial charge in [-0.05, 0) is 44.7 Å². The van der Waals surface area contributed by atoms with Gasteiger partial charge in [0, 0.05) is 18.3 Å². The maximum Gasteiger partial charge on any atom is 0.238 e. The van der Waals surface area contributed by atoms with E-state index in [4.69, 9.17) is 5.11 Å². The first-order valence-corrected chi connectivity index (χ1v) is 7.74. The molecule has 0 bridgehead atoms. The highest BCUT2D eigenvalue weighted by Crippen LogP contribution is 2.25. The van der Waals surface area contributed by atoms with Gasteiger partial charge in [-0.2, -0.15) is 0 Å². The zero-order valence-corrected chi connectivity index (χ0v) is 13.3. The number of benzene rings is 1. The molecule has 1 aliphatic carbocycles. The van der Waals surface area contributed by atoms with Gasteiger partial charge in [0.25, 0.3) is 0 Å². The number of aliphatic hydroxyl groups excluding tert-OH is 1. The van der Waals surface area contributed by atoms with Crippen molar-refractivity contribution in [1.29, 1.82) is 0 Å². The summed E-state index contributed by atoms with van der Waals surface area (Å²) in [5.41, 5.74) is 4.32. The summed E-state index contributed by atoms with van der Waals surface area (Å²) >= 11 is 0. The summed E-state index contributed by atoms with van der Waals surface area (Å²) in [5, 5.41) is 12.2. The van der Waals surface area contributed by atoms with E-state index in [1.54, 1.807) is 0 Å². The minimum atomic E-state index is 0.00500. The molecular weight excluding hydrogens is 264 g/mol. The summed E-state index contributed by atoms with van der Waals surface area (Å²) < 4.78 is 0. The van der Waals surface area contributed by atoms with E-state index < -0.39 is 0 Å². The van der Waals surface area contributed by atoms with Crippen molar-refractivity contribution in [3.05, 3.63) is 28.8 Å². The summed E-state index contributed by atoms with van der Waals surface area (Å²) in [7, 11) is 0. The SMILES string of the molecule is Cc1cc(C)c(NC(=O)CN(CCO)C2CCC2)c(C)c1. The van der Waals surface area contributed by atoms with E-state index in [1.807, 2.05) is 13.8 Å². The van der Waals surface area contributed by atoms with Crippen LogP contribution in [0.5, 0.6) is 0 Å². The Morgan fingerprint density at radius 2 is 1.90 bits per heavy atom. The first-order valence-electron chi connectivity index (χ1n) is 7.74. The number of aryl methyl sites for hydroxylation is 3. The molecule has 1 amide bonds. The van der Waals surface area contributed by atoms with E-state index >= 15 is 0 Å². The molecule has 1 aromatic carbocycles. The zero-order valence-electron chi connectivity index (χ0n) is 13.3. The van der Waals surface area contributed by atoms with Crippen LogP contribution in [0.2, 0.25) is 0 Å². The average molecular weight is 290 g/mol. The number of anilines is 1. The fraction of sp³-hybridized carbons (Fsp3) is 0.588. The second kappa shape index (κ2) is 7.05. The Kier molecular flexibility index (Phi) is 5.37. The number of aliphatic hydroxyl groups is 1. The van der Waals surface area contributed by atoms with Crippen molar-refractivity contribution in [2.45, 2.75) is 46.1 Å². The molecule has 4 nitrogen and oxygen atoms in total. The lowest BCUT2D eigenvalue weighted by atomic mass is 9.91. The molecule has 0 heterocycles. The molecule has 1 fully saturated rings. The predicted molar refractivity (Wildman–Crippen MR) is 85.6 cm³/mol. The van der Waals surface area contributed by atoms with E-state index in [1.165, 1.54) is 12.0 Å². The second-order valence-corrected chi connectivity index (χ2v) is 6.10. The van der Waals surface area contributed by atoms with Gasteiger partial charge < -0.3 is 10.4 Å². The van der Waals surface area contributed by atoms with Gasteiger partial charge in [0.05, 0.1) is 13.2 Å². The number of hydrogen-bond acceptors (Lipinski definition) is 3. The van der Waals surface area contributed by atoms with Crippen molar-refractivity contribution in [3.8, 4) is 0 Å². The minimum Gasteiger partial charge on any atom is -0.395 e. The van der Waals surface area contributed by atoms with Crippen molar-refractivity contribution < 1.29 is 9.90 Å². The first-order chi connectivity index (χ1) is 10.0. The Hall–Kier alpha value is -1.39. The third kappa shape index (κ3) is 4.05. The van der Waals surface area contributed by atoms with Gasteiger partial charge in [-0.25, -0.2) is 0 Å². The topological polar surface area (TPSA) is 52.6 Å². The largest absolute Gasteiger partial charge is 0.395 e. The fourth-order valence-corrected chi connectivity index (χ4v) is 3.01. The van der Waals surface area contributed by atoms with Gasteiger partial charge >= 0.3 is 0 Å². The van der Waals surface area contributed by atoms with Crippen LogP contribution in [0.3, 0.4) is 0 Å². The summed E-state index contributed by atoms with van der Waals surface area (Å²) in [6, 6.07) is 4.63. The van der Waals surface area contributed by atoms with Crippen LogP contribution in [0.4, 0.5) is 5.69 Å². The molecule has 0 atom stereocenters. The van der Waals surface area contributed by atoms with Crippen LogP contribution in [0, 0.1) is 20.8 Å². The molecule has 0 saturated heterocycles. The first kappa shape index (κ1) is 16.0. The molecule has 1 aliphatic rings. The van der Waals surface area contributed by atoms with Crippen LogP contribution < -0.4 is 5.32 Å². The highest BCUT2D eigenvalue weighted by molar-refractivity contribution is 5.93. The molecule has 0 aromatic heterocycles. The molecule has 2 N–H and O–H groups in total. The third-order valence-electron chi connectivity index (χ3n) is 4.27. The molecular formula is C17H26N2O2. The van der Waals surface area contributed by atoms with Gasteiger partial charge in [-0.15, -0.1) is 0 Å². The molecule has 0 spiro atoms. The Labute approximate surface area is 127 Å². The van der Waals surface area contributed by atoms with Crippen molar-refractivity contribution >= 4 is 11.6 Å². The summed E-state index contributed by atoms with van der Waals surface area (Å²) in [5.74, 6) is 0.00500. The van der Waals surface area contributed by atoms with Crippen LogP contribution in [-0.4, -0.2) is 41.7 Å². The molecule has 1 saturated carbocycles. The van der Waals surface area contributed by atoms with Crippen LogP contribution in [-0.2, 0) is 4.79 Å². The standard InChI is InChI=1S/C17H26N2O2/c1-12-9-13(2)17(14(3)10-12)18-16(21)11-19(7-8-20)15-5-4-6-15/h9-10,15,20H,4-8,11H2,1-3H3,(H,18,21). The van der Waals surface area contributed by atoms with Gasteiger partial charge in [0.2, 0.25) is 5.91 Å². The maximum atomic E-state index is 12.3. The smallest absolute Gasteiger partial charge is 0.238 e. The van der Waals surface area contributed by atoms with Crippen molar-refractivity contribution in [1.82, 2.24) is 4.90 Å². The van der Waals surface area contributed by atoms with Crippen molar-refractivity contribution in [2.24, 2.45) is 0 Å². The summed E-state index contributed by atoms with van der Waals surface area (Å²) in [4.78, 5) is 14.4. The molecule has 0 aliphatic heterocycles. The fourth-order valence-electron chi connectivity index (χ4n) is 3.01. The number of nitrogens with zero attached hydrogens (tertiary/aromatic N) is 1. The highest BCUT2D eigenvalue weighted by Gasteiger charge is 2.26. The van der Waals surface area contributed by atoms with E-state index in [0.29, 0.717) is 19.1 Å².